The van der Waals surface area contributed by atoms with Crippen LogP contribution in [0, 0.1) is 0 Å². The molecule has 0 spiro atoms. The summed E-state index contributed by atoms with van der Waals surface area (Å²) in [6.45, 7) is 0.218. The monoisotopic (exact) mass is 297 g/mol. The van der Waals surface area contributed by atoms with Crippen molar-refractivity contribution >= 4 is 18.0 Å². The number of carbonyl (C=O) groups is 2. The normalized spacial score (nSPS) is 10.4. The number of benzene rings is 1. The lowest BCUT2D eigenvalue weighted by atomic mass is 10.2. The van der Waals surface area contributed by atoms with E-state index in [-0.39, 0.29) is 18.3 Å². The summed E-state index contributed by atoms with van der Waals surface area (Å²) < 4.78 is 5.10. The second-order valence-electron chi connectivity index (χ2n) is 4.35. The van der Waals surface area contributed by atoms with Gasteiger partial charge in [-0.25, -0.2) is 14.8 Å². The van der Waals surface area contributed by atoms with Gasteiger partial charge in [-0.15, -0.1) is 0 Å². The molecule has 1 heterocycles. The highest BCUT2D eigenvalue weighted by Gasteiger charge is 2.05. The van der Waals surface area contributed by atoms with E-state index in [1.807, 2.05) is 30.3 Å². The summed E-state index contributed by atoms with van der Waals surface area (Å²) in [6.07, 6.45) is 5.74. The number of rotatable bonds is 5. The minimum Gasteiger partial charge on any atom is -0.458 e. The first-order valence-electron chi connectivity index (χ1n) is 6.62. The molecule has 0 aliphatic heterocycles. The molecule has 2 aromatic rings. The third-order valence-corrected chi connectivity index (χ3v) is 2.74. The van der Waals surface area contributed by atoms with E-state index in [2.05, 4.69) is 15.3 Å². The summed E-state index contributed by atoms with van der Waals surface area (Å²) in [5, 5.41) is 2.43. The molecule has 1 aromatic heterocycles. The lowest BCUT2D eigenvalue weighted by molar-refractivity contribution is -0.138. The van der Waals surface area contributed by atoms with Gasteiger partial charge < -0.3 is 10.1 Å². The predicted octanol–water partition coefficient (Wildman–Crippen LogP) is 1.59. The van der Waals surface area contributed by atoms with Crippen LogP contribution in [0.25, 0.3) is 6.08 Å². The van der Waals surface area contributed by atoms with Gasteiger partial charge in [-0.1, -0.05) is 30.3 Å². The molecule has 0 saturated heterocycles. The maximum absolute atomic E-state index is 11.6. The molecule has 6 heteroatoms. The molecule has 112 valence electrons. The quantitative estimate of drug-likeness (QED) is 0.669. The van der Waals surface area contributed by atoms with E-state index in [0.29, 0.717) is 5.56 Å². The standard InChI is InChI=1S/C16H15N3O3/c1-17-16(21)15-18-9-13(10-19-15)7-8-14(20)22-11-12-5-3-2-4-6-12/h2-10H,11H2,1H3,(H,17,21)/b8-7+. The van der Waals surface area contributed by atoms with Crippen LogP contribution >= 0.6 is 0 Å². The van der Waals surface area contributed by atoms with Crippen molar-refractivity contribution < 1.29 is 14.3 Å². The van der Waals surface area contributed by atoms with Crippen molar-refractivity contribution in [1.82, 2.24) is 15.3 Å². The summed E-state index contributed by atoms with van der Waals surface area (Å²) >= 11 is 0. The van der Waals surface area contributed by atoms with E-state index >= 15 is 0 Å². The summed E-state index contributed by atoms with van der Waals surface area (Å²) in [6, 6.07) is 9.41. The van der Waals surface area contributed by atoms with Crippen molar-refractivity contribution in [3.05, 3.63) is 65.8 Å². The van der Waals surface area contributed by atoms with E-state index in [9.17, 15) is 9.59 Å². The van der Waals surface area contributed by atoms with Crippen LogP contribution in [-0.4, -0.2) is 28.9 Å². The van der Waals surface area contributed by atoms with Crippen molar-refractivity contribution in [3.63, 3.8) is 0 Å². The molecule has 0 radical (unpaired) electrons. The van der Waals surface area contributed by atoms with Crippen LogP contribution in [0.2, 0.25) is 0 Å². The van der Waals surface area contributed by atoms with Gasteiger partial charge in [0.05, 0.1) is 0 Å². The number of amides is 1. The lowest BCUT2D eigenvalue weighted by Gasteiger charge is -2.01. The predicted molar refractivity (Wildman–Crippen MR) is 80.7 cm³/mol. The van der Waals surface area contributed by atoms with Gasteiger partial charge in [0.1, 0.15) is 6.61 Å². The topological polar surface area (TPSA) is 81.2 Å². The van der Waals surface area contributed by atoms with Crippen LogP contribution in [0.5, 0.6) is 0 Å². The number of hydrogen-bond acceptors (Lipinski definition) is 5. The molecule has 22 heavy (non-hydrogen) atoms. The SMILES string of the molecule is CNC(=O)c1ncc(/C=C/C(=O)OCc2ccccc2)cn1. The minimum atomic E-state index is -0.459. The Morgan fingerprint density at radius 1 is 1.18 bits per heavy atom. The van der Waals surface area contributed by atoms with E-state index in [1.165, 1.54) is 31.6 Å². The van der Waals surface area contributed by atoms with Crippen LogP contribution in [0.4, 0.5) is 0 Å². The smallest absolute Gasteiger partial charge is 0.331 e. The van der Waals surface area contributed by atoms with Gasteiger partial charge in [-0.05, 0) is 11.6 Å². The van der Waals surface area contributed by atoms with Gasteiger partial charge in [0.15, 0.2) is 0 Å². The van der Waals surface area contributed by atoms with Gasteiger partial charge >= 0.3 is 5.97 Å². The van der Waals surface area contributed by atoms with E-state index in [0.717, 1.165) is 5.56 Å². The van der Waals surface area contributed by atoms with Gasteiger partial charge in [-0.3, -0.25) is 4.79 Å². The number of esters is 1. The summed E-state index contributed by atoms with van der Waals surface area (Å²) in [4.78, 5) is 30.7. The third kappa shape index (κ3) is 4.52. The molecule has 2 rings (SSSR count). The van der Waals surface area contributed by atoms with Crippen molar-refractivity contribution in [3.8, 4) is 0 Å². The fraction of sp³-hybridized carbons (Fsp3) is 0.125. The molecular formula is C16H15N3O3. The van der Waals surface area contributed by atoms with E-state index < -0.39 is 5.97 Å². The summed E-state index contributed by atoms with van der Waals surface area (Å²) in [5.41, 5.74) is 1.52. The number of nitrogens with one attached hydrogen (secondary N) is 1. The van der Waals surface area contributed by atoms with Crippen molar-refractivity contribution in [2.75, 3.05) is 7.05 Å². The highest BCUT2D eigenvalue weighted by Crippen LogP contribution is 2.03. The van der Waals surface area contributed by atoms with Crippen LogP contribution in [0.3, 0.4) is 0 Å². The van der Waals surface area contributed by atoms with Gasteiger partial charge in [0, 0.05) is 31.1 Å². The fourth-order valence-electron chi connectivity index (χ4n) is 1.59. The Balaban J connectivity index is 1.88. The number of hydrogen-bond donors (Lipinski definition) is 1. The fourth-order valence-corrected chi connectivity index (χ4v) is 1.59. The zero-order valence-corrected chi connectivity index (χ0v) is 12.0. The lowest BCUT2D eigenvalue weighted by Crippen LogP contribution is -2.20. The second kappa shape index (κ2) is 7.68. The van der Waals surface area contributed by atoms with Crippen LogP contribution < -0.4 is 5.32 Å². The van der Waals surface area contributed by atoms with Crippen LogP contribution in [-0.2, 0) is 16.1 Å². The number of aromatic nitrogens is 2. The second-order valence-corrected chi connectivity index (χ2v) is 4.35. The highest BCUT2D eigenvalue weighted by molar-refractivity contribution is 5.90. The van der Waals surface area contributed by atoms with Crippen LogP contribution in [0.1, 0.15) is 21.7 Å². The first-order valence-corrected chi connectivity index (χ1v) is 6.62. The highest BCUT2D eigenvalue weighted by atomic mass is 16.5. The molecule has 0 saturated carbocycles. The molecule has 0 aliphatic rings. The Morgan fingerprint density at radius 2 is 1.86 bits per heavy atom. The van der Waals surface area contributed by atoms with Gasteiger partial charge in [-0.2, -0.15) is 0 Å². The zero-order chi connectivity index (χ0) is 15.8. The van der Waals surface area contributed by atoms with Crippen molar-refractivity contribution in [2.45, 2.75) is 6.61 Å². The molecule has 0 aliphatic carbocycles. The molecule has 0 fully saturated rings. The Labute approximate surface area is 127 Å². The molecule has 6 nitrogen and oxygen atoms in total. The first-order chi connectivity index (χ1) is 10.7. The maximum atomic E-state index is 11.6. The zero-order valence-electron chi connectivity index (χ0n) is 12.0. The van der Waals surface area contributed by atoms with Crippen molar-refractivity contribution in [2.24, 2.45) is 0 Å². The van der Waals surface area contributed by atoms with Gasteiger partial charge in [0.25, 0.3) is 5.91 Å². The molecule has 1 amide bonds. The molecule has 1 N–H and O–H groups in total. The average Bonchev–Trinajstić information content (AvgIpc) is 2.58. The molecule has 0 bridgehead atoms. The number of ether oxygens (including phenoxy) is 1. The third-order valence-electron chi connectivity index (χ3n) is 2.74. The summed E-state index contributed by atoms with van der Waals surface area (Å²) in [5.74, 6) is -0.747. The van der Waals surface area contributed by atoms with Gasteiger partial charge in [0.2, 0.25) is 5.82 Å². The van der Waals surface area contributed by atoms with E-state index in [1.54, 1.807) is 0 Å². The Morgan fingerprint density at radius 3 is 2.50 bits per heavy atom. The molecule has 0 atom stereocenters. The summed E-state index contributed by atoms with van der Waals surface area (Å²) in [7, 11) is 1.50. The maximum Gasteiger partial charge on any atom is 0.331 e. The number of carbonyl (C=O) groups excluding carboxylic acids is 2. The minimum absolute atomic E-state index is 0.0753. The van der Waals surface area contributed by atoms with Crippen LogP contribution in [0.15, 0.2) is 48.8 Å². The molecule has 0 unspecified atom stereocenters. The largest absolute Gasteiger partial charge is 0.458 e. The Kier molecular flexibility index (Phi) is 5.37. The average molecular weight is 297 g/mol. The Bertz CT molecular complexity index is 667. The molecule has 1 aromatic carbocycles. The van der Waals surface area contributed by atoms with Crippen molar-refractivity contribution in [1.29, 1.82) is 0 Å². The molecular weight excluding hydrogens is 282 g/mol. The van der Waals surface area contributed by atoms with E-state index in [4.69, 9.17) is 4.74 Å². The first kappa shape index (κ1) is 15.4. The Hall–Kier alpha value is -3.02. The number of nitrogens with zero attached hydrogens (tertiary/aromatic N) is 2.